The summed E-state index contributed by atoms with van der Waals surface area (Å²) in [4.78, 5) is 0. The van der Waals surface area contributed by atoms with Gasteiger partial charge in [-0.15, -0.1) is 12.8 Å². The van der Waals surface area contributed by atoms with Gasteiger partial charge in [0.2, 0.25) is 0 Å². The average Bonchev–Trinajstić information content (AvgIpc) is 2.87. The van der Waals surface area contributed by atoms with E-state index in [1.54, 1.807) is 26.0 Å². The zero-order valence-electron chi connectivity index (χ0n) is 25.7. The van der Waals surface area contributed by atoms with Crippen molar-refractivity contribution in [1.29, 1.82) is 0 Å². The molecule has 7 heteroatoms. The Bertz CT molecular complexity index is 935. The van der Waals surface area contributed by atoms with E-state index in [0.717, 1.165) is 18.2 Å². The van der Waals surface area contributed by atoms with Gasteiger partial charge in [-0.25, -0.2) is 17.6 Å². The van der Waals surface area contributed by atoms with Crippen molar-refractivity contribution in [3.63, 3.8) is 0 Å². The van der Waals surface area contributed by atoms with Crippen molar-refractivity contribution in [2.45, 2.75) is 93.6 Å². The molecule has 0 aliphatic carbocycles. The molecule has 1 aromatic carbocycles. The van der Waals surface area contributed by atoms with Gasteiger partial charge in [0.05, 0.1) is 6.10 Å². The summed E-state index contributed by atoms with van der Waals surface area (Å²) >= 11 is 0. The van der Waals surface area contributed by atoms with Crippen molar-refractivity contribution in [3.8, 4) is 12.8 Å². The summed E-state index contributed by atoms with van der Waals surface area (Å²) in [5, 5.41) is 0. The Morgan fingerprint density at radius 2 is 1.35 bits per heavy atom. The lowest BCUT2D eigenvalue weighted by Gasteiger charge is -2.19. The minimum atomic E-state index is -4.49. The Hall–Kier alpha value is -3.14. The molecule has 228 valence electrons. The monoisotopic (exact) mass is 574 g/mol. The number of terminal acetylenes is 1. The first-order chi connectivity index (χ1) is 18.3. The summed E-state index contributed by atoms with van der Waals surface area (Å²) < 4.78 is 85.5. The van der Waals surface area contributed by atoms with Gasteiger partial charge in [-0.2, -0.15) is 8.78 Å². The van der Waals surface area contributed by atoms with Crippen LogP contribution in [0.1, 0.15) is 86.3 Å². The molecule has 1 atom stereocenters. The number of ether oxygens (including phenoxy) is 1. The third-order valence-corrected chi connectivity index (χ3v) is 4.07. The second-order valence-electron chi connectivity index (χ2n) is 9.86. The van der Waals surface area contributed by atoms with Gasteiger partial charge in [0, 0.05) is 11.5 Å². The summed E-state index contributed by atoms with van der Waals surface area (Å²) in [6, 6.07) is 2.12. The molecular formula is C33H48F6O. The second kappa shape index (κ2) is 22.7. The maximum absolute atomic E-state index is 14.3. The molecule has 0 aliphatic rings. The number of allylic oxidation sites excluding steroid dienone is 6. The SMILES string of the molecule is C#C.C=C/C(OC(C)C)=C(F)\C=C(/C)[C@@H](C)c1cc(F)cc(C(F)(F)C(F)F)c1.C=CC=C.CC.CC(C)(C)C. The van der Waals surface area contributed by atoms with Crippen LogP contribution in [-0.2, 0) is 10.7 Å². The van der Waals surface area contributed by atoms with Gasteiger partial charge in [0.1, 0.15) is 5.82 Å². The Morgan fingerprint density at radius 3 is 1.68 bits per heavy atom. The predicted octanol–water partition coefficient (Wildman–Crippen LogP) is 11.7. The number of rotatable bonds is 9. The molecule has 0 amide bonds. The maximum Gasteiger partial charge on any atom is 0.332 e. The van der Waals surface area contributed by atoms with E-state index in [4.69, 9.17) is 4.74 Å². The molecule has 1 aromatic rings. The molecule has 0 heterocycles. The van der Waals surface area contributed by atoms with E-state index in [9.17, 15) is 26.3 Å². The Labute approximate surface area is 239 Å². The van der Waals surface area contributed by atoms with E-state index in [1.807, 2.05) is 13.8 Å². The first-order valence-corrected chi connectivity index (χ1v) is 12.7. The van der Waals surface area contributed by atoms with Crippen molar-refractivity contribution in [2.24, 2.45) is 5.41 Å². The van der Waals surface area contributed by atoms with Crippen molar-refractivity contribution >= 4 is 0 Å². The van der Waals surface area contributed by atoms with Gasteiger partial charge < -0.3 is 4.74 Å². The van der Waals surface area contributed by atoms with Gasteiger partial charge in [-0.05, 0) is 62.1 Å². The van der Waals surface area contributed by atoms with E-state index in [1.165, 1.54) is 19.9 Å². The topological polar surface area (TPSA) is 9.23 Å². The van der Waals surface area contributed by atoms with Crippen LogP contribution in [-0.4, -0.2) is 12.5 Å². The summed E-state index contributed by atoms with van der Waals surface area (Å²) in [7, 11) is 0. The van der Waals surface area contributed by atoms with Crippen molar-refractivity contribution in [1.82, 2.24) is 0 Å². The van der Waals surface area contributed by atoms with E-state index < -0.39 is 35.5 Å². The third kappa shape index (κ3) is 20.8. The fourth-order valence-electron chi connectivity index (χ4n) is 2.30. The van der Waals surface area contributed by atoms with Crippen LogP contribution in [0, 0.1) is 24.1 Å². The first-order valence-electron chi connectivity index (χ1n) is 12.7. The predicted molar refractivity (Wildman–Crippen MR) is 160 cm³/mol. The number of benzene rings is 1. The van der Waals surface area contributed by atoms with Gasteiger partial charge in [0.15, 0.2) is 11.6 Å². The van der Waals surface area contributed by atoms with Crippen molar-refractivity contribution < 1.29 is 31.1 Å². The molecule has 1 nitrogen and oxygen atoms in total. The van der Waals surface area contributed by atoms with E-state index in [-0.39, 0.29) is 17.4 Å². The first kappa shape index (κ1) is 43.9. The zero-order chi connectivity index (χ0) is 32.9. The highest BCUT2D eigenvalue weighted by atomic mass is 19.3. The van der Waals surface area contributed by atoms with Gasteiger partial charge in [0.25, 0.3) is 0 Å². The number of halogens is 6. The smallest absolute Gasteiger partial charge is 0.332 e. The molecular weight excluding hydrogens is 526 g/mol. The lowest BCUT2D eigenvalue weighted by molar-refractivity contribution is -0.135. The number of alkyl halides is 4. The number of hydrogen-bond acceptors (Lipinski definition) is 1. The van der Waals surface area contributed by atoms with Crippen LogP contribution < -0.4 is 0 Å². The van der Waals surface area contributed by atoms with Crippen LogP contribution in [0.5, 0.6) is 0 Å². The Morgan fingerprint density at radius 1 is 0.925 bits per heavy atom. The van der Waals surface area contributed by atoms with Crippen LogP contribution in [0.2, 0.25) is 0 Å². The molecule has 0 aliphatic heterocycles. The summed E-state index contributed by atoms with van der Waals surface area (Å²) in [6.45, 7) is 29.4. The fourth-order valence-corrected chi connectivity index (χ4v) is 2.30. The molecule has 0 spiro atoms. The quantitative estimate of drug-likeness (QED) is 0.123. The highest BCUT2D eigenvalue weighted by Gasteiger charge is 2.43. The molecule has 40 heavy (non-hydrogen) atoms. The molecule has 0 saturated heterocycles. The van der Waals surface area contributed by atoms with Gasteiger partial charge >= 0.3 is 12.3 Å². The molecule has 0 N–H and O–H groups in total. The maximum atomic E-state index is 14.3. The fraction of sp³-hybridized carbons (Fsp3) is 0.455. The minimum absolute atomic E-state index is 0.0248. The third-order valence-electron chi connectivity index (χ3n) is 4.07. The molecule has 0 unspecified atom stereocenters. The highest BCUT2D eigenvalue weighted by Crippen LogP contribution is 2.37. The summed E-state index contributed by atoms with van der Waals surface area (Å²) in [6.07, 6.45) is 9.31. The Balaban J connectivity index is -0.000000419. The molecule has 0 saturated carbocycles. The van der Waals surface area contributed by atoms with Gasteiger partial charge in [-0.1, -0.05) is 85.9 Å². The number of hydrogen-bond donors (Lipinski definition) is 0. The molecule has 1 rings (SSSR count). The van der Waals surface area contributed by atoms with Crippen molar-refractivity contribution in [3.05, 3.63) is 96.3 Å². The minimum Gasteiger partial charge on any atom is -0.488 e. The summed E-state index contributed by atoms with van der Waals surface area (Å²) in [5.74, 6) is -7.10. The van der Waals surface area contributed by atoms with Crippen LogP contribution in [0.15, 0.2) is 79.4 Å². The van der Waals surface area contributed by atoms with E-state index in [2.05, 4.69) is 60.3 Å². The van der Waals surface area contributed by atoms with Crippen molar-refractivity contribution in [2.75, 3.05) is 0 Å². The van der Waals surface area contributed by atoms with Gasteiger partial charge in [-0.3, -0.25) is 0 Å². The molecule has 0 bridgehead atoms. The second-order valence-corrected chi connectivity index (χ2v) is 9.86. The molecule has 0 fully saturated rings. The van der Waals surface area contributed by atoms with Crippen LogP contribution in [0.3, 0.4) is 0 Å². The molecule has 0 radical (unpaired) electrons. The van der Waals surface area contributed by atoms with Crippen LogP contribution in [0.4, 0.5) is 26.3 Å². The largest absolute Gasteiger partial charge is 0.488 e. The van der Waals surface area contributed by atoms with E-state index >= 15 is 0 Å². The Kier molecular flexibility index (Phi) is 24.9. The van der Waals surface area contributed by atoms with Crippen LogP contribution in [0.25, 0.3) is 0 Å². The summed E-state index contributed by atoms with van der Waals surface area (Å²) in [5.41, 5.74) is -0.244. The zero-order valence-corrected chi connectivity index (χ0v) is 25.7. The normalized spacial score (nSPS) is 12.3. The molecule has 0 aromatic heterocycles. The average molecular weight is 575 g/mol. The standard InChI is InChI=1S/C20H22F6O.C5H12.C4H6.C2H6.C2H2/c1-6-18(27-11(2)3)17(22)7-12(4)13(5)14-8-15(10-16(21)9-14)20(25,26)19(23)24;1-5(2,3)4;1-3-4-2;2*1-2/h6-11,13,19H,1H2,2-5H3;1-4H3;3-4H,1-2H2;1-2H3;1-2H/b12-7+,18-17-;;;;/t13-;;;;/m1..../s1. The highest BCUT2D eigenvalue weighted by molar-refractivity contribution is 5.36. The lowest BCUT2D eigenvalue weighted by atomic mass is 9.91. The van der Waals surface area contributed by atoms with Crippen LogP contribution >= 0.6 is 0 Å². The lowest BCUT2D eigenvalue weighted by Crippen LogP contribution is -2.24. The van der Waals surface area contributed by atoms with E-state index in [0.29, 0.717) is 17.1 Å².